The summed E-state index contributed by atoms with van der Waals surface area (Å²) in [7, 11) is 1.50. The molecule has 0 aromatic carbocycles. The summed E-state index contributed by atoms with van der Waals surface area (Å²) in [6, 6.07) is 0. The molecule has 2 heterocycles. The first-order chi connectivity index (χ1) is 9.72. The number of aliphatic hydroxyl groups is 1. The van der Waals surface area contributed by atoms with Gasteiger partial charge in [0.05, 0.1) is 19.7 Å². The van der Waals surface area contributed by atoms with Gasteiger partial charge >= 0.3 is 0 Å². The molecule has 9 heteroatoms. The number of aromatic nitrogens is 3. The van der Waals surface area contributed by atoms with E-state index < -0.39 is 5.91 Å². The average Bonchev–Trinajstić information content (AvgIpc) is 3.10. The van der Waals surface area contributed by atoms with Crippen LogP contribution in [0.1, 0.15) is 21.5 Å². The maximum Gasteiger partial charge on any atom is 0.292 e. The van der Waals surface area contributed by atoms with Gasteiger partial charge in [-0.2, -0.15) is 4.98 Å². The van der Waals surface area contributed by atoms with Crippen LogP contribution >= 0.6 is 11.3 Å². The molecule has 2 aromatic rings. The third kappa shape index (κ3) is 3.83. The number of nitrogens with one attached hydrogen (secondary N) is 1. The van der Waals surface area contributed by atoms with Crippen molar-refractivity contribution in [2.75, 3.05) is 20.2 Å². The second kappa shape index (κ2) is 7.08. The van der Waals surface area contributed by atoms with Crippen molar-refractivity contribution in [2.45, 2.75) is 13.1 Å². The van der Waals surface area contributed by atoms with Crippen LogP contribution < -0.4 is 5.32 Å². The van der Waals surface area contributed by atoms with Crippen LogP contribution in [0.4, 0.5) is 0 Å². The molecule has 0 bridgehead atoms. The largest absolute Gasteiger partial charge is 0.395 e. The van der Waals surface area contributed by atoms with Crippen molar-refractivity contribution in [2.24, 2.45) is 0 Å². The fraction of sp³-hybridized carbons (Fsp3) is 0.455. The predicted octanol–water partition coefficient (Wildman–Crippen LogP) is -0.120. The summed E-state index contributed by atoms with van der Waals surface area (Å²) >= 11 is 1.54. The first kappa shape index (κ1) is 14.6. The first-order valence-electron chi connectivity index (χ1n) is 5.99. The lowest BCUT2D eigenvalue weighted by atomic mass is 10.4. The van der Waals surface area contributed by atoms with Gasteiger partial charge in [0.1, 0.15) is 5.01 Å². The van der Waals surface area contributed by atoms with Gasteiger partial charge in [0.15, 0.2) is 0 Å². The van der Waals surface area contributed by atoms with Gasteiger partial charge in [-0.1, -0.05) is 5.16 Å². The fourth-order valence-corrected chi connectivity index (χ4v) is 2.25. The van der Waals surface area contributed by atoms with Crippen molar-refractivity contribution in [1.82, 2.24) is 25.3 Å². The fourth-order valence-electron chi connectivity index (χ4n) is 1.59. The van der Waals surface area contributed by atoms with Crippen LogP contribution in [0.2, 0.25) is 0 Å². The van der Waals surface area contributed by atoms with Crippen molar-refractivity contribution in [3.63, 3.8) is 0 Å². The van der Waals surface area contributed by atoms with E-state index >= 15 is 0 Å². The normalized spacial score (nSPS) is 10.9. The van der Waals surface area contributed by atoms with Gasteiger partial charge in [-0.3, -0.25) is 9.69 Å². The summed E-state index contributed by atoms with van der Waals surface area (Å²) in [5.74, 6) is -0.0667. The zero-order valence-corrected chi connectivity index (χ0v) is 11.8. The topological polar surface area (TPSA) is 104 Å². The number of thiazole rings is 1. The van der Waals surface area contributed by atoms with Crippen molar-refractivity contribution in [1.29, 1.82) is 0 Å². The second-order valence-corrected chi connectivity index (χ2v) is 4.93. The Morgan fingerprint density at radius 2 is 2.40 bits per heavy atom. The molecule has 0 spiro atoms. The van der Waals surface area contributed by atoms with Crippen LogP contribution in [-0.2, 0) is 13.1 Å². The molecule has 0 radical (unpaired) electrons. The quantitative estimate of drug-likeness (QED) is 0.734. The summed E-state index contributed by atoms with van der Waals surface area (Å²) in [4.78, 5) is 21.4. The molecule has 2 rings (SSSR count). The molecule has 0 aliphatic heterocycles. The SMILES string of the molecule is CNC(=O)c1noc(CN(CCO)Cc2nccs2)n1. The Balaban J connectivity index is 2.00. The van der Waals surface area contributed by atoms with E-state index in [2.05, 4.69) is 20.4 Å². The lowest BCUT2D eigenvalue weighted by Crippen LogP contribution is -2.26. The van der Waals surface area contributed by atoms with E-state index in [9.17, 15) is 4.79 Å². The van der Waals surface area contributed by atoms with Crippen LogP contribution in [-0.4, -0.2) is 51.2 Å². The Morgan fingerprint density at radius 1 is 1.55 bits per heavy atom. The molecule has 0 aliphatic carbocycles. The summed E-state index contributed by atoms with van der Waals surface area (Å²) in [5.41, 5.74) is 0. The highest BCUT2D eigenvalue weighted by Gasteiger charge is 2.16. The molecule has 0 aliphatic rings. The molecule has 0 atom stereocenters. The predicted molar refractivity (Wildman–Crippen MR) is 71.0 cm³/mol. The lowest BCUT2D eigenvalue weighted by Gasteiger charge is -2.17. The van der Waals surface area contributed by atoms with Crippen LogP contribution in [0.3, 0.4) is 0 Å². The van der Waals surface area contributed by atoms with Crippen molar-refractivity contribution >= 4 is 17.2 Å². The number of aliphatic hydroxyl groups excluding tert-OH is 1. The molecule has 8 nitrogen and oxygen atoms in total. The number of carbonyl (C=O) groups excluding carboxylic acids is 1. The van der Waals surface area contributed by atoms with Gasteiger partial charge in [-0.25, -0.2) is 4.98 Å². The zero-order chi connectivity index (χ0) is 14.4. The van der Waals surface area contributed by atoms with Crippen molar-refractivity contribution < 1.29 is 14.4 Å². The number of hydrogen-bond donors (Lipinski definition) is 2. The van der Waals surface area contributed by atoms with Gasteiger partial charge in [-0.15, -0.1) is 11.3 Å². The highest BCUT2D eigenvalue weighted by atomic mass is 32.1. The van der Waals surface area contributed by atoms with Crippen LogP contribution in [0, 0.1) is 0 Å². The molecule has 2 aromatic heterocycles. The van der Waals surface area contributed by atoms with E-state index in [1.807, 2.05) is 10.3 Å². The molecular formula is C11H15N5O3S. The molecule has 2 N–H and O–H groups in total. The average molecular weight is 297 g/mol. The van der Waals surface area contributed by atoms with Gasteiger partial charge in [0.25, 0.3) is 11.7 Å². The number of hydrogen-bond acceptors (Lipinski definition) is 8. The first-order valence-corrected chi connectivity index (χ1v) is 6.87. The van der Waals surface area contributed by atoms with E-state index in [4.69, 9.17) is 9.63 Å². The Morgan fingerprint density at radius 3 is 3.05 bits per heavy atom. The van der Waals surface area contributed by atoms with E-state index in [0.717, 1.165) is 5.01 Å². The van der Waals surface area contributed by atoms with Crippen LogP contribution in [0.15, 0.2) is 16.1 Å². The molecule has 0 unspecified atom stereocenters. The monoisotopic (exact) mass is 297 g/mol. The standard InChI is InChI=1S/C11H15N5O3S/c1-12-11(18)10-14-8(19-15-10)6-16(3-4-17)7-9-13-2-5-20-9/h2,5,17H,3-4,6-7H2,1H3,(H,12,18). The summed E-state index contributed by atoms with van der Waals surface area (Å²) in [6.45, 7) is 1.40. The Bertz CT molecular complexity index is 542. The Kier molecular flexibility index (Phi) is 5.16. The molecule has 1 amide bonds. The van der Waals surface area contributed by atoms with E-state index in [1.165, 1.54) is 18.4 Å². The molecule has 20 heavy (non-hydrogen) atoms. The van der Waals surface area contributed by atoms with Crippen LogP contribution in [0.25, 0.3) is 0 Å². The summed E-state index contributed by atoms with van der Waals surface area (Å²) in [5, 5.41) is 17.9. The minimum atomic E-state index is -0.395. The van der Waals surface area contributed by atoms with Crippen molar-refractivity contribution in [3.8, 4) is 0 Å². The maximum atomic E-state index is 11.3. The second-order valence-electron chi connectivity index (χ2n) is 3.95. The highest BCUT2D eigenvalue weighted by molar-refractivity contribution is 7.09. The smallest absolute Gasteiger partial charge is 0.292 e. The third-order valence-electron chi connectivity index (χ3n) is 2.52. The van der Waals surface area contributed by atoms with E-state index in [-0.39, 0.29) is 12.4 Å². The Labute approximate surface area is 119 Å². The van der Waals surface area contributed by atoms with Crippen LogP contribution in [0.5, 0.6) is 0 Å². The lowest BCUT2D eigenvalue weighted by molar-refractivity contribution is 0.0950. The van der Waals surface area contributed by atoms with Gasteiger partial charge in [-0.05, 0) is 0 Å². The Hall–Kier alpha value is -1.84. The van der Waals surface area contributed by atoms with E-state index in [0.29, 0.717) is 25.5 Å². The minimum absolute atomic E-state index is 0.000645. The zero-order valence-electron chi connectivity index (χ0n) is 10.9. The maximum absolute atomic E-state index is 11.3. The number of carbonyl (C=O) groups is 1. The van der Waals surface area contributed by atoms with Gasteiger partial charge in [0, 0.05) is 25.2 Å². The summed E-state index contributed by atoms with van der Waals surface area (Å²) < 4.78 is 5.02. The minimum Gasteiger partial charge on any atom is -0.395 e. The molecule has 0 saturated heterocycles. The molecule has 108 valence electrons. The number of rotatable bonds is 7. The molecule has 0 saturated carbocycles. The van der Waals surface area contributed by atoms with Gasteiger partial charge < -0.3 is 14.9 Å². The summed E-state index contributed by atoms with van der Waals surface area (Å²) in [6.07, 6.45) is 1.73. The van der Waals surface area contributed by atoms with E-state index in [1.54, 1.807) is 6.20 Å². The molecular weight excluding hydrogens is 282 g/mol. The number of amides is 1. The third-order valence-corrected chi connectivity index (χ3v) is 3.28. The highest BCUT2D eigenvalue weighted by Crippen LogP contribution is 2.10. The van der Waals surface area contributed by atoms with Gasteiger partial charge in [0.2, 0.25) is 5.89 Å². The molecule has 0 fully saturated rings. The number of nitrogens with zero attached hydrogens (tertiary/aromatic N) is 4. The van der Waals surface area contributed by atoms with Crippen molar-refractivity contribution in [3.05, 3.63) is 28.3 Å².